The lowest BCUT2D eigenvalue weighted by molar-refractivity contribution is -0.144. The summed E-state index contributed by atoms with van der Waals surface area (Å²) in [6.45, 7) is 4.66. The average Bonchev–Trinajstić information content (AvgIpc) is 2.99. The first kappa shape index (κ1) is 16.5. The van der Waals surface area contributed by atoms with Gasteiger partial charge in [0.05, 0.1) is 18.7 Å². The van der Waals surface area contributed by atoms with Crippen molar-refractivity contribution in [2.45, 2.75) is 39.3 Å². The molecule has 3 heterocycles. The van der Waals surface area contributed by atoms with Crippen LogP contribution >= 0.6 is 0 Å². The number of fused-ring (bicyclic) bond motifs is 1. The first-order valence-corrected chi connectivity index (χ1v) is 8.42. The predicted molar refractivity (Wildman–Crippen MR) is 85.8 cm³/mol. The van der Waals surface area contributed by atoms with Crippen molar-refractivity contribution in [2.24, 2.45) is 11.7 Å². The lowest BCUT2D eigenvalue weighted by Crippen LogP contribution is -2.49. The normalized spacial score (nSPS) is 20.9. The van der Waals surface area contributed by atoms with Crippen molar-refractivity contribution in [1.29, 1.82) is 0 Å². The van der Waals surface area contributed by atoms with Gasteiger partial charge in [-0.1, -0.05) is 6.92 Å². The molecule has 130 valence electrons. The molecule has 2 aliphatic heterocycles. The number of nitrogens with zero attached hydrogens (tertiary/aromatic N) is 4. The monoisotopic (exact) mass is 333 g/mol. The van der Waals surface area contributed by atoms with E-state index in [4.69, 9.17) is 5.73 Å². The van der Waals surface area contributed by atoms with E-state index in [2.05, 4.69) is 4.98 Å². The molecule has 1 aromatic heterocycles. The Morgan fingerprint density at radius 2 is 2.17 bits per heavy atom. The highest BCUT2D eigenvalue weighted by molar-refractivity contribution is 5.91. The van der Waals surface area contributed by atoms with Crippen LogP contribution in [0, 0.1) is 5.92 Å². The van der Waals surface area contributed by atoms with E-state index >= 15 is 0 Å². The molecule has 2 aliphatic rings. The Morgan fingerprint density at radius 1 is 1.38 bits per heavy atom. The summed E-state index contributed by atoms with van der Waals surface area (Å²) in [5.41, 5.74) is 5.72. The second-order valence-electron chi connectivity index (χ2n) is 6.41. The minimum Gasteiger partial charge on any atom is -0.364 e. The van der Waals surface area contributed by atoms with E-state index in [0.717, 1.165) is 6.42 Å². The maximum Gasteiger partial charge on any atom is 0.266 e. The molecule has 1 saturated heterocycles. The molecule has 0 saturated carbocycles. The van der Waals surface area contributed by atoms with Gasteiger partial charge in [-0.05, 0) is 12.8 Å². The van der Waals surface area contributed by atoms with Crippen LogP contribution in [0.5, 0.6) is 0 Å². The highest BCUT2D eigenvalue weighted by atomic mass is 16.2. The first-order valence-electron chi connectivity index (χ1n) is 8.42. The van der Waals surface area contributed by atoms with E-state index in [9.17, 15) is 14.4 Å². The summed E-state index contributed by atoms with van der Waals surface area (Å²) in [6, 6.07) is 0. The Morgan fingerprint density at radius 3 is 2.88 bits per heavy atom. The van der Waals surface area contributed by atoms with Gasteiger partial charge < -0.3 is 20.1 Å². The molecule has 1 fully saturated rings. The second-order valence-corrected chi connectivity index (χ2v) is 6.41. The Labute approximate surface area is 140 Å². The average molecular weight is 333 g/mol. The van der Waals surface area contributed by atoms with Crippen LogP contribution in [-0.4, -0.2) is 56.7 Å². The molecule has 0 radical (unpaired) electrons. The molecule has 24 heavy (non-hydrogen) atoms. The minimum absolute atomic E-state index is 0.0680. The summed E-state index contributed by atoms with van der Waals surface area (Å²) >= 11 is 0. The van der Waals surface area contributed by atoms with E-state index in [-0.39, 0.29) is 17.7 Å². The third-order valence-electron chi connectivity index (χ3n) is 4.77. The zero-order valence-electron chi connectivity index (χ0n) is 13.9. The van der Waals surface area contributed by atoms with Gasteiger partial charge in [-0.15, -0.1) is 0 Å². The van der Waals surface area contributed by atoms with E-state index in [1.54, 1.807) is 14.4 Å². The van der Waals surface area contributed by atoms with E-state index in [1.807, 2.05) is 6.92 Å². The van der Waals surface area contributed by atoms with Crippen LogP contribution in [0.2, 0.25) is 0 Å². The largest absolute Gasteiger partial charge is 0.364 e. The summed E-state index contributed by atoms with van der Waals surface area (Å²) in [7, 11) is 0. The number of hydrogen-bond acceptors (Lipinski definition) is 4. The molecule has 3 rings (SSSR count). The topological polar surface area (TPSA) is 102 Å². The van der Waals surface area contributed by atoms with Gasteiger partial charge in [-0.3, -0.25) is 14.4 Å². The molecule has 1 aromatic rings. The Balaban J connectivity index is 1.68. The van der Waals surface area contributed by atoms with Crippen LogP contribution in [0.15, 0.2) is 6.20 Å². The van der Waals surface area contributed by atoms with Crippen molar-refractivity contribution in [3.8, 4) is 0 Å². The van der Waals surface area contributed by atoms with Gasteiger partial charge in [0.1, 0.15) is 11.5 Å². The minimum atomic E-state index is -0.505. The molecule has 8 nitrogen and oxygen atoms in total. The fourth-order valence-electron chi connectivity index (χ4n) is 3.51. The van der Waals surface area contributed by atoms with Gasteiger partial charge in [0.25, 0.3) is 5.91 Å². The number of hydrogen-bond donors (Lipinski definition) is 1. The molecule has 2 N–H and O–H groups in total. The fourth-order valence-corrected chi connectivity index (χ4v) is 3.51. The van der Waals surface area contributed by atoms with E-state index in [1.165, 1.54) is 6.20 Å². The highest BCUT2D eigenvalue weighted by Crippen LogP contribution is 2.23. The van der Waals surface area contributed by atoms with Crippen LogP contribution in [0.3, 0.4) is 0 Å². The second kappa shape index (κ2) is 6.62. The maximum atomic E-state index is 12.8. The van der Waals surface area contributed by atoms with Crippen molar-refractivity contribution < 1.29 is 14.4 Å². The fraction of sp³-hybridized carbons (Fsp3) is 0.625. The number of nitrogens with two attached hydrogens (primary N) is 1. The SMILES string of the molecule is CCCN1C[C@@H](C(=O)N2CCn3c(C(N)=O)cnc3C2)CCC1=O. The number of piperidine rings is 1. The Hall–Kier alpha value is -2.38. The van der Waals surface area contributed by atoms with Crippen molar-refractivity contribution >= 4 is 17.7 Å². The third kappa shape index (κ3) is 3.00. The number of carbonyl (C=O) groups excluding carboxylic acids is 3. The summed E-state index contributed by atoms with van der Waals surface area (Å²) in [6.07, 6.45) is 3.40. The Bertz CT molecular complexity index is 669. The third-order valence-corrected chi connectivity index (χ3v) is 4.77. The molecule has 8 heteroatoms. The number of carbonyl (C=O) groups is 3. The number of aromatic nitrogens is 2. The molecule has 0 aliphatic carbocycles. The summed E-state index contributed by atoms with van der Waals surface area (Å²) < 4.78 is 1.78. The molecular formula is C16H23N5O3. The predicted octanol–water partition coefficient (Wildman–Crippen LogP) is -0.0272. The van der Waals surface area contributed by atoms with E-state index < -0.39 is 5.91 Å². The van der Waals surface area contributed by atoms with Crippen LogP contribution in [0.1, 0.15) is 42.5 Å². The van der Waals surface area contributed by atoms with Crippen molar-refractivity contribution in [2.75, 3.05) is 19.6 Å². The quantitative estimate of drug-likeness (QED) is 0.836. The lowest BCUT2D eigenvalue weighted by Gasteiger charge is -2.36. The zero-order valence-corrected chi connectivity index (χ0v) is 13.9. The van der Waals surface area contributed by atoms with Gasteiger partial charge in [0.2, 0.25) is 11.8 Å². The first-order chi connectivity index (χ1) is 11.5. The van der Waals surface area contributed by atoms with Gasteiger partial charge in [0, 0.05) is 32.6 Å². The van der Waals surface area contributed by atoms with Crippen LogP contribution < -0.4 is 5.73 Å². The lowest BCUT2D eigenvalue weighted by atomic mass is 9.95. The van der Waals surface area contributed by atoms with Gasteiger partial charge in [0.15, 0.2) is 0 Å². The molecule has 3 amide bonds. The summed E-state index contributed by atoms with van der Waals surface area (Å²) in [4.78, 5) is 43.9. The maximum absolute atomic E-state index is 12.8. The van der Waals surface area contributed by atoms with Crippen LogP contribution in [-0.2, 0) is 22.7 Å². The van der Waals surface area contributed by atoms with Crippen molar-refractivity contribution in [3.63, 3.8) is 0 Å². The van der Waals surface area contributed by atoms with Gasteiger partial charge in [-0.25, -0.2) is 4.98 Å². The van der Waals surface area contributed by atoms with Crippen LogP contribution in [0.4, 0.5) is 0 Å². The molecule has 1 atom stereocenters. The summed E-state index contributed by atoms with van der Waals surface area (Å²) in [5.74, 6) is 0.237. The van der Waals surface area contributed by atoms with E-state index in [0.29, 0.717) is 57.1 Å². The highest BCUT2D eigenvalue weighted by Gasteiger charge is 2.34. The molecule has 0 aromatic carbocycles. The summed E-state index contributed by atoms with van der Waals surface area (Å²) in [5, 5.41) is 0. The van der Waals surface area contributed by atoms with Crippen molar-refractivity contribution in [3.05, 3.63) is 17.7 Å². The van der Waals surface area contributed by atoms with Gasteiger partial charge >= 0.3 is 0 Å². The number of rotatable bonds is 4. The zero-order chi connectivity index (χ0) is 17.3. The number of likely N-dealkylation sites (tertiary alicyclic amines) is 1. The standard InChI is InChI=1S/C16H23N5O3/c1-2-5-19-9-11(3-4-14(19)22)16(24)20-6-7-21-12(15(17)23)8-18-13(21)10-20/h8,11H,2-7,9-10H2,1H3,(H2,17,23)/t11-/m0/s1. The molecule has 0 unspecified atom stereocenters. The van der Waals surface area contributed by atoms with Gasteiger partial charge in [-0.2, -0.15) is 0 Å². The van der Waals surface area contributed by atoms with Crippen molar-refractivity contribution in [1.82, 2.24) is 19.4 Å². The molecule has 0 spiro atoms. The molecule has 0 bridgehead atoms. The molecular weight excluding hydrogens is 310 g/mol. The number of primary amides is 1. The number of amides is 3. The van der Waals surface area contributed by atoms with Crippen LogP contribution in [0.25, 0.3) is 0 Å². The number of imidazole rings is 1. The smallest absolute Gasteiger partial charge is 0.266 e. The Kier molecular flexibility index (Phi) is 4.55.